The second kappa shape index (κ2) is 4.09. The summed E-state index contributed by atoms with van der Waals surface area (Å²) in [7, 11) is 0. The van der Waals surface area contributed by atoms with Gasteiger partial charge in [-0.25, -0.2) is 0 Å². The van der Waals surface area contributed by atoms with E-state index in [1.165, 1.54) is 4.90 Å². The molecule has 1 fully saturated rings. The van der Waals surface area contributed by atoms with Gasteiger partial charge in [0.15, 0.2) is 0 Å². The standard InChI is InChI=1S/C9H14ClNO2/c1-6-3-4-11(8(6)12)9(13)7(2)5-10/h6-7H,3-5H2,1-2H3. The minimum Gasteiger partial charge on any atom is -0.282 e. The van der Waals surface area contributed by atoms with Crippen LogP contribution in [0.1, 0.15) is 20.3 Å². The van der Waals surface area contributed by atoms with Crippen LogP contribution in [0.2, 0.25) is 0 Å². The molecular formula is C9H14ClNO2. The van der Waals surface area contributed by atoms with Crippen molar-refractivity contribution in [1.29, 1.82) is 0 Å². The second-order valence-corrected chi connectivity index (χ2v) is 3.88. The molecule has 0 spiro atoms. The van der Waals surface area contributed by atoms with Crippen molar-refractivity contribution in [3.63, 3.8) is 0 Å². The van der Waals surface area contributed by atoms with Crippen LogP contribution >= 0.6 is 11.6 Å². The van der Waals surface area contributed by atoms with Gasteiger partial charge in [0.2, 0.25) is 11.8 Å². The molecule has 1 aliphatic rings. The lowest BCUT2D eigenvalue weighted by atomic mass is 10.1. The van der Waals surface area contributed by atoms with Gasteiger partial charge in [0.05, 0.1) is 0 Å². The van der Waals surface area contributed by atoms with E-state index in [9.17, 15) is 9.59 Å². The van der Waals surface area contributed by atoms with Crippen LogP contribution in [-0.4, -0.2) is 29.1 Å². The van der Waals surface area contributed by atoms with E-state index in [-0.39, 0.29) is 29.5 Å². The predicted octanol–water partition coefficient (Wildman–Crippen LogP) is 1.26. The molecule has 0 N–H and O–H groups in total. The fourth-order valence-electron chi connectivity index (χ4n) is 1.37. The highest BCUT2D eigenvalue weighted by molar-refractivity contribution is 6.19. The Bertz CT molecular complexity index is 230. The van der Waals surface area contributed by atoms with Crippen molar-refractivity contribution in [3.05, 3.63) is 0 Å². The van der Waals surface area contributed by atoms with Gasteiger partial charge in [-0.05, 0) is 6.42 Å². The maximum Gasteiger partial charge on any atom is 0.233 e. The normalized spacial score (nSPS) is 25.0. The number of imide groups is 1. The van der Waals surface area contributed by atoms with E-state index in [1.54, 1.807) is 6.92 Å². The van der Waals surface area contributed by atoms with Crippen LogP contribution in [-0.2, 0) is 9.59 Å². The molecule has 0 radical (unpaired) electrons. The summed E-state index contributed by atoms with van der Waals surface area (Å²) >= 11 is 5.55. The first-order chi connectivity index (χ1) is 6.07. The second-order valence-electron chi connectivity index (χ2n) is 3.57. The van der Waals surface area contributed by atoms with Crippen LogP contribution in [0.4, 0.5) is 0 Å². The average molecular weight is 204 g/mol. The van der Waals surface area contributed by atoms with Crippen LogP contribution in [0, 0.1) is 11.8 Å². The maximum atomic E-state index is 11.6. The number of halogens is 1. The van der Waals surface area contributed by atoms with Crippen LogP contribution in [0.3, 0.4) is 0 Å². The quantitative estimate of drug-likeness (QED) is 0.634. The minimum absolute atomic E-state index is 0.00789. The molecule has 2 amide bonds. The Morgan fingerprint density at radius 1 is 1.77 bits per heavy atom. The van der Waals surface area contributed by atoms with Gasteiger partial charge in [-0.2, -0.15) is 0 Å². The first kappa shape index (κ1) is 10.5. The van der Waals surface area contributed by atoms with Gasteiger partial charge in [-0.15, -0.1) is 11.6 Å². The van der Waals surface area contributed by atoms with Gasteiger partial charge in [-0.3, -0.25) is 14.5 Å². The Morgan fingerprint density at radius 2 is 2.38 bits per heavy atom. The number of carbonyl (C=O) groups excluding carboxylic acids is 2. The molecule has 0 aliphatic carbocycles. The van der Waals surface area contributed by atoms with Crippen molar-refractivity contribution < 1.29 is 9.59 Å². The maximum absolute atomic E-state index is 11.6. The number of likely N-dealkylation sites (tertiary alicyclic amines) is 1. The summed E-state index contributed by atoms with van der Waals surface area (Å²) in [4.78, 5) is 24.3. The molecule has 0 aromatic carbocycles. The summed E-state index contributed by atoms with van der Waals surface area (Å²) < 4.78 is 0. The average Bonchev–Trinajstić information content (AvgIpc) is 2.45. The number of hydrogen-bond acceptors (Lipinski definition) is 2. The van der Waals surface area contributed by atoms with E-state index in [1.807, 2.05) is 6.92 Å². The third-order valence-electron chi connectivity index (χ3n) is 2.39. The van der Waals surface area contributed by atoms with Crippen molar-refractivity contribution in [2.24, 2.45) is 11.8 Å². The van der Waals surface area contributed by atoms with Gasteiger partial charge in [0, 0.05) is 24.3 Å². The molecule has 0 aromatic heterocycles. The van der Waals surface area contributed by atoms with Gasteiger partial charge in [-0.1, -0.05) is 13.8 Å². The summed E-state index contributed by atoms with van der Waals surface area (Å²) in [5.41, 5.74) is 0. The minimum atomic E-state index is -0.254. The van der Waals surface area contributed by atoms with Gasteiger partial charge in [0.1, 0.15) is 0 Å². The van der Waals surface area contributed by atoms with Crippen LogP contribution in [0.5, 0.6) is 0 Å². The zero-order valence-electron chi connectivity index (χ0n) is 7.92. The number of hydrogen-bond donors (Lipinski definition) is 0. The van der Waals surface area contributed by atoms with Crippen LogP contribution < -0.4 is 0 Å². The molecule has 2 atom stereocenters. The lowest BCUT2D eigenvalue weighted by Crippen LogP contribution is -2.37. The highest BCUT2D eigenvalue weighted by Crippen LogP contribution is 2.19. The van der Waals surface area contributed by atoms with E-state index in [0.717, 1.165) is 6.42 Å². The van der Waals surface area contributed by atoms with Gasteiger partial charge < -0.3 is 0 Å². The van der Waals surface area contributed by atoms with Crippen molar-refractivity contribution >= 4 is 23.4 Å². The van der Waals surface area contributed by atoms with E-state index in [0.29, 0.717) is 6.54 Å². The molecule has 0 saturated carbocycles. The fourth-order valence-corrected chi connectivity index (χ4v) is 1.51. The largest absolute Gasteiger partial charge is 0.282 e. The van der Waals surface area contributed by atoms with Crippen molar-refractivity contribution in [1.82, 2.24) is 4.90 Å². The molecule has 4 heteroatoms. The van der Waals surface area contributed by atoms with E-state index >= 15 is 0 Å². The molecule has 1 rings (SSSR count). The summed E-state index contributed by atoms with van der Waals surface area (Å²) in [5.74, 6) is -0.175. The van der Waals surface area contributed by atoms with E-state index < -0.39 is 0 Å². The predicted molar refractivity (Wildman–Crippen MR) is 50.4 cm³/mol. The van der Waals surface area contributed by atoms with Crippen LogP contribution in [0.25, 0.3) is 0 Å². The first-order valence-electron chi connectivity index (χ1n) is 4.49. The van der Waals surface area contributed by atoms with Crippen molar-refractivity contribution in [2.45, 2.75) is 20.3 Å². The lowest BCUT2D eigenvalue weighted by Gasteiger charge is -2.17. The number of carbonyl (C=O) groups is 2. The molecule has 74 valence electrons. The molecule has 1 heterocycles. The summed E-state index contributed by atoms with van der Waals surface area (Å²) in [6, 6.07) is 0. The zero-order chi connectivity index (χ0) is 10.0. The monoisotopic (exact) mass is 203 g/mol. The first-order valence-corrected chi connectivity index (χ1v) is 5.02. The molecule has 2 unspecified atom stereocenters. The summed E-state index contributed by atoms with van der Waals surface area (Å²) in [5, 5.41) is 0. The molecular weight excluding hydrogens is 190 g/mol. The molecule has 0 aromatic rings. The smallest absolute Gasteiger partial charge is 0.233 e. The highest BCUT2D eigenvalue weighted by atomic mass is 35.5. The lowest BCUT2D eigenvalue weighted by molar-refractivity contribution is -0.145. The topological polar surface area (TPSA) is 37.4 Å². The molecule has 3 nitrogen and oxygen atoms in total. The number of amides is 2. The van der Waals surface area contributed by atoms with E-state index in [2.05, 4.69) is 0 Å². The van der Waals surface area contributed by atoms with Gasteiger partial charge >= 0.3 is 0 Å². The Balaban J connectivity index is 2.63. The molecule has 13 heavy (non-hydrogen) atoms. The highest BCUT2D eigenvalue weighted by Gasteiger charge is 2.34. The SMILES string of the molecule is CC(CCl)C(=O)N1CCC(C)C1=O. The molecule has 1 aliphatic heterocycles. The van der Waals surface area contributed by atoms with Crippen LogP contribution in [0.15, 0.2) is 0 Å². The van der Waals surface area contributed by atoms with Gasteiger partial charge in [0.25, 0.3) is 0 Å². The number of alkyl halides is 1. The summed E-state index contributed by atoms with van der Waals surface area (Å²) in [6.45, 7) is 4.15. The zero-order valence-corrected chi connectivity index (χ0v) is 8.67. The Hall–Kier alpha value is -0.570. The molecule has 1 saturated heterocycles. The summed E-state index contributed by atoms with van der Waals surface area (Å²) in [6.07, 6.45) is 0.777. The Kier molecular flexibility index (Phi) is 3.31. The molecule has 0 bridgehead atoms. The van der Waals surface area contributed by atoms with Crippen molar-refractivity contribution in [2.75, 3.05) is 12.4 Å². The Morgan fingerprint density at radius 3 is 2.77 bits per heavy atom. The number of nitrogens with zero attached hydrogens (tertiary/aromatic N) is 1. The third kappa shape index (κ3) is 2.02. The third-order valence-corrected chi connectivity index (χ3v) is 2.86. The fraction of sp³-hybridized carbons (Fsp3) is 0.778. The van der Waals surface area contributed by atoms with Crippen molar-refractivity contribution in [3.8, 4) is 0 Å². The number of rotatable bonds is 2. The Labute approximate surface area is 83.0 Å². The van der Waals surface area contributed by atoms with E-state index in [4.69, 9.17) is 11.6 Å².